The van der Waals surface area contributed by atoms with Gasteiger partial charge in [0.1, 0.15) is 18.1 Å². The Morgan fingerprint density at radius 1 is 1.25 bits per heavy atom. The third-order valence-electron chi connectivity index (χ3n) is 3.09. The summed E-state index contributed by atoms with van der Waals surface area (Å²) in [6, 6.07) is 5.74. The molecule has 0 N–H and O–H groups in total. The van der Waals surface area contributed by atoms with E-state index in [2.05, 4.69) is 21.0 Å². The Kier molecular flexibility index (Phi) is 6.08. The number of carbonyl (C=O) groups excluding carboxylic acids is 2. The van der Waals surface area contributed by atoms with Crippen molar-refractivity contribution in [3.8, 4) is 11.3 Å². The number of nitrogens with zero attached hydrogens (tertiary/aromatic N) is 2. The van der Waals surface area contributed by atoms with Crippen molar-refractivity contribution in [3.05, 3.63) is 40.2 Å². The van der Waals surface area contributed by atoms with Gasteiger partial charge in [0.15, 0.2) is 5.69 Å². The van der Waals surface area contributed by atoms with E-state index in [0.717, 1.165) is 0 Å². The highest BCUT2D eigenvalue weighted by Gasteiger charge is 2.24. The van der Waals surface area contributed by atoms with Crippen molar-refractivity contribution in [1.82, 2.24) is 9.78 Å². The molecule has 0 fully saturated rings. The largest absolute Gasteiger partial charge is 0.464 e. The third kappa shape index (κ3) is 4.19. The second-order valence-electron chi connectivity index (χ2n) is 4.80. The highest BCUT2D eigenvalue weighted by atomic mass is 79.9. The van der Waals surface area contributed by atoms with Crippen molar-refractivity contribution in [1.29, 1.82) is 0 Å². The summed E-state index contributed by atoms with van der Waals surface area (Å²) in [6.45, 7) is 3.47. The quantitative estimate of drug-likeness (QED) is 0.698. The summed E-state index contributed by atoms with van der Waals surface area (Å²) in [5.41, 5.74) is 1.32. The van der Waals surface area contributed by atoms with Gasteiger partial charge in [0, 0.05) is 12.5 Å². The van der Waals surface area contributed by atoms with E-state index < -0.39 is 11.9 Å². The minimum atomic E-state index is -0.548. The molecule has 2 rings (SSSR count). The zero-order valence-electron chi connectivity index (χ0n) is 13.2. The Morgan fingerprint density at radius 3 is 2.50 bits per heavy atom. The van der Waals surface area contributed by atoms with Crippen molar-refractivity contribution < 1.29 is 23.5 Å². The molecule has 0 saturated heterocycles. The Labute approximate surface area is 146 Å². The van der Waals surface area contributed by atoms with Crippen LogP contribution in [0.5, 0.6) is 0 Å². The van der Waals surface area contributed by atoms with Crippen LogP contribution in [0.25, 0.3) is 11.3 Å². The Morgan fingerprint density at radius 2 is 1.92 bits per heavy atom. The second-order valence-corrected chi connectivity index (χ2v) is 5.59. The average molecular weight is 399 g/mol. The van der Waals surface area contributed by atoms with Crippen LogP contribution in [-0.2, 0) is 20.8 Å². The fourth-order valence-electron chi connectivity index (χ4n) is 2.06. The molecule has 0 aliphatic rings. The maximum atomic E-state index is 13.1. The molecule has 0 atom stereocenters. The van der Waals surface area contributed by atoms with Crippen molar-refractivity contribution in [2.75, 3.05) is 13.2 Å². The first-order valence-corrected chi connectivity index (χ1v) is 8.06. The van der Waals surface area contributed by atoms with Gasteiger partial charge in [-0.25, -0.2) is 9.18 Å². The SMILES string of the molecule is CCOC(=O)c1c(Br)c(-c2ccc(F)cc2)nn1CCOC(C)=O. The lowest BCUT2D eigenvalue weighted by molar-refractivity contribution is -0.141. The first kappa shape index (κ1) is 18.1. The van der Waals surface area contributed by atoms with Crippen LogP contribution < -0.4 is 0 Å². The molecule has 1 aromatic heterocycles. The number of hydrogen-bond donors (Lipinski definition) is 0. The number of esters is 2. The molecule has 0 unspecified atom stereocenters. The lowest BCUT2D eigenvalue weighted by atomic mass is 10.1. The van der Waals surface area contributed by atoms with Gasteiger partial charge in [-0.2, -0.15) is 5.10 Å². The summed E-state index contributed by atoms with van der Waals surface area (Å²) in [5, 5.41) is 4.37. The molecule has 2 aromatic rings. The molecule has 0 aliphatic heterocycles. The minimum Gasteiger partial charge on any atom is -0.464 e. The Balaban J connectivity index is 2.40. The van der Waals surface area contributed by atoms with Gasteiger partial charge in [0.2, 0.25) is 0 Å². The van der Waals surface area contributed by atoms with Crippen LogP contribution in [0.4, 0.5) is 4.39 Å². The molecule has 0 saturated carbocycles. The van der Waals surface area contributed by atoms with Gasteiger partial charge in [0.05, 0.1) is 17.6 Å². The third-order valence-corrected chi connectivity index (χ3v) is 3.84. The number of hydrogen-bond acceptors (Lipinski definition) is 5. The predicted molar refractivity (Wildman–Crippen MR) is 87.9 cm³/mol. The molecule has 24 heavy (non-hydrogen) atoms. The molecule has 0 amide bonds. The lowest BCUT2D eigenvalue weighted by Crippen LogP contribution is -2.17. The van der Waals surface area contributed by atoms with Crippen molar-refractivity contribution in [2.45, 2.75) is 20.4 Å². The second kappa shape index (κ2) is 8.05. The zero-order valence-corrected chi connectivity index (χ0v) is 14.8. The molecule has 0 bridgehead atoms. The van der Waals surface area contributed by atoms with Crippen LogP contribution >= 0.6 is 15.9 Å². The Hall–Kier alpha value is -2.22. The molecule has 1 aromatic carbocycles. The van der Waals surface area contributed by atoms with E-state index in [4.69, 9.17) is 9.47 Å². The summed E-state index contributed by atoms with van der Waals surface area (Å²) < 4.78 is 24.9. The summed E-state index contributed by atoms with van der Waals surface area (Å²) in [7, 11) is 0. The first-order valence-electron chi connectivity index (χ1n) is 7.26. The zero-order chi connectivity index (χ0) is 17.7. The minimum absolute atomic E-state index is 0.0682. The molecule has 0 aliphatic carbocycles. The average Bonchev–Trinajstić information content (AvgIpc) is 2.85. The summed E-state index contributed by atoms with van der Waals surface area (Å²) >= 11 is 3.36. The van der Waals surface area contributed by atoms with Gasteiger partial charge in [-0.05, 0) is 47.1 Å². The van der Waals surface area contributed by atoms with Crippen molar-refractivity contribution in [2.24, 2.45) is 0 Å². The highest BCUT2D eigenvalue weighted by molar-refractivity contribution is 9.10. The number of rotatable bonds is 6. The molecule has 0 spiro atoms. The van der Waals surface area contributed by atoms with Gasteiger partial charge in [-0.15, -0.1) is 0 Å². The molecule has 0 radical (unpaired) electrons. The maximum Gasteiger partial charge on any atom is 0.357 e. The van der Waals surface area contributed by atoms with Crippen LogP contribution in [-0.4, -0.2) is 34.9 Å². The van der Waals surface area contributed by atoms with E-state index in [-0.39, 0.29) is 31.3 Å². The van der Waals surface area contributed by atoms with Crippen LogP contribution in [0, 0.1) is 5.82 Å². The molecule has 1 heterocycles. The fourth-order valence-corrected chi connectivity index (χ4v) is 2.74. The van der Waals surface area contributed by atoms with Gasteiger partial charge in [0.25, 0.3) is 0 Å². The monoisotopic (exact) mass is 398 g/mol. The molecule has 6 nitrogen and oxygen atoms in total. The van der Waals surface area contributed by atoms with E-state index in [9.17, 15) is 14.0 Å². The van der Waals surface area contributed by atoms with Crippen molar-refractivity contribution in [3.63, 3.8) is 0 Å². The lowest BCUT2D eigenvalue weighted by Gasteiger charge is -2.07. The molecule has 8 heteroatoms. The fraction of sp³-hybridized carbons (Fsp3) is 0.312. The molecular weight excluding hydrogens is 383 g/mol. The molecule has 128 valence electrons. The Bertz CT molecular complexity index is 743. The van der Waals surface area contributed by atoms with E-state index in [0.29, 0.717) is 15.7 Å². The smallest absolute Gasteiger partial charge is 0.357 e. The number of benzene rings is 1. The van der Waals surface area contributed by atoms with E-state index in [1.807, 2.05) is 0 Å². The maximum absolute atomic E-state index is 13.1. The predicted octanol–water partition coefficient (Wildman–Crippen LogP) is 3.19. The first-order chi connectivity index (χ1) is 11.4. The number of ether oxygens (including phenoxy) is 2. The van der Waals surface area contributed by atoms with Gasteiger partial charge >= 0.3 is 11.9 Å². The highest BCUT2D eigenvalue weighted by Crippen LogP contribution is 2.31. The van der Waals surface area contributed by atoms with Crippen LogP contribution in [0.2, 0.25) is 0 Å². The standard InChI is InChI=1S/C16H16BrFN2O4/c1-3-23-16(22)15-13(17)14(11-4-6-12(18)7-5-11)19-20(15)8-9-24-10(2)21/h4-7H,3,8-9H2,1-2H3. The summed E-state index contributed by atoms with van der Waals surface area (Å²) in [6.07, 6.45) is 0. The van der Waals surface area contributed by atoms with E-state index in [1.165, 1.54) is 23.7 Å². The van der Waals surface area contributed by atoms with Gasteiger partial charge in [-0.3, -0.25) is 9.48 Å². The van der Waals surface area contributed by atoms with Gasteiger partial charge < -0.3 is 9.47 Å². The number of carbonyl (C=O) groups is 2. The van der Waals surface area contributed by atoms with Crippen LogP contribution in [0.1, 0.15) is 24.3 Å². The van der Waals surface area contributed by atoms with Crippen LogP contribution in [0.15, 0.2) is 28.7 Å². The van der Waals surface area contributed by atoms with E-state index in [1.54, 1.807) is 19.1 Å². The topological polar surface area (TPSA) is 70.4 Å². The normalized spacial score (nSPS) is 10.5. The number of aromatic nitrogens is 2. The van der Waals surface area contributed by atoms with Gasteiger partial charge in [-0.1, -0.05) is 0 Å². The summed E-state index contributed by atoms with van der Waals surface area (Å²) in [5.74, 6) is -1.33. The van der Waals surface area contributed by atoms with Crippen molar-refractivity contribution >= 4 is 27.9 Å². The molecular formula is C16H16BrFN2O4. The summed E-state index contributed by atoms with van der Waals surface area (Å²) in [4.78, 5) is 23.1. The number of halogens is 2. The van der Waals surface area contributed by atoms with Crippen LogP contribution in [0.3, 0.4) is 0 Å². The van der Waals surface area contributed by atoms with E-state index >= 15 is 0 Å².